The minimum absolute atomic E-state index is 0.130. The van der Waals surface area contributed by atoms with E-state index in [1.807, 2.05) is 11.8 Å². The third-order valence-corrected chi connectivity index (χ3v) is 6.99. The molecule has 0 radical (unpaired) electrons. The molecule has 3 N–H and O–H groups in total. The van der Waals surface area contributed by atoms with Gasteiger partial charge in [-0.3, -0.25) is 0 Å². The lowest BCUT2D eigenvalue weighted by Gasteiger charge is -2.18. The second kappa shape index (κ2) is 18.1. The largest absolute Gasteiger partial charge is 0.382 e. The van der Waals surface area contributed by atoms with Crippen molar-refractivity contribution in [2.24, 2.45) is 0 Å². The fraction of sp³-hybridized carbons (Fsp3) is 0.875. The van der Waals surface area contributed by atoms with Crippen molar-refractivity contribution in [3.05, 3.63) is 12.3 Å². The Labute approximate surface area is 184 Å². The number of aliphatic hydroxyl groups excluding tert-OH is 1. The van der Waals surface area contributed by atoms with Crippen LogP contribution in [0, 0.1) is 0 Å². The van der Waals surface area contributed by atoms with E-state index >= 15 is 0 Å². The van der Waals surface area contributed by atoms with Gasteiger partial charge in [0.05, 0.1) is 0 Å². The molecule has 1 rings (SSSR count). The van der Waals surface area contributed by atoms with Crippen LogP contribution in [0.4, 0.5) is 5.82 Å². The summed E-state index contributed by atoms with van der Waals surface area (Å²) < 4.78 is 1.56. The molecule has 4 nitrogen and oxygen atoms in total. The monoisotopic (exact) mass is 425 g/mol. The molecule has 0 saturated carbocycles. The summed E-state index contributed by atoms with van der Waals surface area (Å²) in [5, 5.41) is 14.5. The highest BCUT2D eigenvalue weighted by atomic mass is 32.2. The minimum atomic E-state index is -0.599. The van der Waals surface area contributed by atoms with Crippen LogP contribution in [0.3, 0.4) is 0 Å². The Morgan fingerprint density at radius 2 is 1.31 bits per heavy atom. The van der Waals surface area contributed by atoms with Gasteiger partial charge in [-0.1, -0.05) is 103 Å². The van der Waals surface area contributed by atoms with Crippen molar-refractivity contribution >= 4 is 17.6 Å². The van der Waals surface area contributed by atoms with Gasteiger partial charge in [0.15, 0.2) is 6.23 Å². The highest BCUT2D eigenvalue weighted by molar-refractivity contribution is 7.99. The van der Waals surface area contributed by atoms with E-state index in [1.54, 1.807) is 16.9 Å². The average Bonchev–Trinajstić information content (AvgIpc) is 3.15. The van der Waals surface area contributed by atoms with Crippen molar-refractivity contribution in [2.45, 2.75) is 128 Å². The van der Waals surface area contributed by atoms with E-state index in [2.05, 4.69) is 18.9 Å². The molecule has 1 heterocycles. The topological polar surface area (TPSA) is 64.1 Å². The van der Waals surface area contributed by atoms with E-state index in [4.69, 9.17) is 5.73 Å². The number of nitrogens with zero attached hydrogens (tertiary/aromatic N) is 2. The van der Waals surface area contributed by atoms with E-state index in [-0.39, 0.29) is 5.25 Å². The molecule has 170 valence electrons. The summed E-state index contributed by atoms with van der Waals surface area (Å²) in [5.41, 5.74) is 5.61. The SMILES string of the molecule is CCCCCCCCCCCCCCCCCCSC(C)C(O)n1ccc(N)n1. The molecule has 0 amide bonds. The van der Waals surface area contributed by atoms with Gasteiger partial charge in [-0.05, 0) is 19.1 Å². The first kappa shape index (κ1) is 26.4. The van der Waals surface area contributed by atoms with E-state index < -0.39 is 6.23 Å². The Morgan fingerprint density at radius 1 is 0.862 bits per heavy atom. The second-order valence-corrected chi connectivity index (χ2v) is 10.00. The Morgan fingerprint density at radius 3 is 1.72 bits per heavy atom. The Hall–Kier alpha value is -0.680. The van der Waals surface area contributed by atoms with Crippen LogP contribution in [0.2, 0.25) is 0 Å². The molecule has 2 unspecified atom stereocenters. The molecule has 0 fully saturated rings. The van der Waals surface area contributed by atoms with Crippen LogP contribution in [0.1, 0.15) is 123 Å². The lowest BCUT2D eigenvalue weighted by molar-refractivity contribution is 0.0927. The summed E-state index contributed by atoms with van der Waals surface area (Å²) in [6.45, 7) is 4.34. The molecule has 0 aromatic carbocycles. The van der Waals surface area contributed by atoms with Crippen LogP contribution >= 0.6 is 11.8 Å². The standard InChI is InChI=1S/C24H47N3OS/c1-3-4-5-6-7-8-9-10-11-12-13-14-15-16-17-18-21-29-22(2)24(28)27-20-19-23(25)26-27/h19-20,22,24,28H,3-18,21H2,1-2H3,(H2,25,26). The van der Waals surface area contributed by atoms with Gasteiger partial charge in [0.25, 0.3) is 0 Å². The van der Waals surface area contributed by atoms with Crippen molar-refractivity contribution in [2.75, 3.05) is 11.5 Å². The number of thioether (sulfide) groups is 1. The average molecular weight is 426 g/mol. The molecule has 2 atom stereocenters. The minimum Gasteiger partial charge on any atom is -0.382 e. The zero-order valence-corrected chi connectivity index (χ0v) is 20.0. The van der Waals surface area contributed by atoms with Gasteiger partial charge < -0.3 is 10.8 Å². The van der Waals surface area contributed by atoms with Crippen molar-refractivity contribution in [3.8, 4) is 0 Å². The molecule has 5 heteroatoms. The molecular weight excluding hydrogens is 378 g/mol. The van der Waals surface area contributed by atoms with Crippen LogP contribution in [-0.2, 0) is 0 Å². The molecule has 0 aliphatic rings. The maximum absolute atomic E-state index is 10.3. The number of aromatic nitrogens is 2. The fourth-order valence-corrected chi connectivity index (χ4v) is 4.76. The van der Waals surface area contributed by atoms with E-state index in [0.717, 1.165) is 5.75 Å². The summed E-state index contributed by atoms with van der Waals surface area (Å²) in [5.74, 6) is 1.56. The number of hydrogen-bond donors (Lipinski definition) is 2. The maximum Gasteiger partial charge on any atom is 0.158 e. The van der Waals surface area contributed by atoms with Crippen molar-refractivity contribution < 1.29 is 5.11 Å². The molecule has 1 aromatic heterocycles. The zero-order valence-electron chi connectivity index (χ0n) is 19.2. The number of anilines is 1. The predicted molar refractivity (Wildman–Crippen MR) is 129 cm³/mol. The lowest BCUT2D eigenvalue weighted by Crippen LogP contribution is -2.19. The third kappa shape index (κ3) is 14.0. The second-order valence-electron chi connectivity index (χ2n) is 8.51. The first-order chi connectivity index (χ1) is 14.1. The molecule has 0 bridgehead atoms. The van der Waals surface area contributed by atoms with E-state index in [9.17, 15) is 5.11 Å². The van der Waals surface area contributed by atoms with Crippen molar-refractivity contribution in [3.63, 3.8) is 0 Å². The summed E-state index contributed by atoms with van der Waals surface area (Å²) in [7, 11) is 0. The summed E-state index contributed by atoms with van der Waals surface area (Å²) >= 11 is 1.82. The summed E-state index contributed by atoms with van der Waals surface area (Å²) in [6.07, 6.45) is 23.6. The number of nitrogens with two attached hydrogens (primary N) is 1. The Kier molecular flexibility index (Phi) is 16.5. The molecule has 29 heavy (non-hydrogen) atoms. The van der Waals surface area contributed by atoms with E-state index in [0.29, 0.717) is 5.82 Å². The van der Waals surface area contributed by atoms with Crippen LogP contribution in [0.15, 0.2) is 12.3 Å². The number of unbranched alkanes of at least 4 members (excludes halogenated alkanes) is 15. The molecule has 1 aromatic rings. The quantitative estimate of drug-likeness (QED) is 0.214. The number of hydrogen-bond acceptors (Lipinski definition) is 4. The molecule has 0 aliphatic carbocycles. The normalized spacial score (nSPS) is 13.6. The van der Waals surface area contributed by atoms with Crippen LogP contribution in [0.25, 0.3) is 0 Å². The van der Waals surface area contributed by atoms with Crippen LogP contribution < -0.4 is 5.73 Å². The highest BCUT2D eigenvalue weighted by Gasteiger charge is 2.16. The lowest BCUT2D eigenvalue weighted by atomic mass is 10.0. The van der Waals surface area contributed by atoms with Gasteiger partial charge in [-0.25, -0.2) is 4.68 Å². The predicted octanol–water partition coefficient (Wildman–Crippen LogP) is 7.34. The number of rotatable bonds is 20. The van der Waals surface area contributed by atoms with E-state index in [1.165, 1.54) is 103 Å². The fourth-order valence-electron chi connectivity index (χ4n) is 3.72. The van der Waals surface area contributed by atoms with Crippen molar-refractivity contribution in [1.29, 1.82) is 0 Å². The van der Waals surface area contributed by atoms with Crippen molar-refractivity contribution in [1.82, 2.24) is 9.78 Å². The third-order valence-electron chi connectivity index (χ3n) is 5.70. The molecular formula is C24H47N3OS. The molecule has 0 aliphatic heterocycles. The zero-order chi connectivity index (χ0) is 21.2. The van der Waals surface area contributed by atoms with Gasteiger partial charge in [-0.15, -0.1) is 0 Å². The van der Waals surface area contributed by atoms with Gasteiger partial charge in [0.2, 0.25) is 0 Å². The number of aliphatic hydroxyl groups is 1. The first-order valence-electron chi connectivity index (χ1n) is 12.3. The Bertz CT molecular complexity index is 480. The Balaban J connectivity index is 1.80. The van der Waals surface area contributed by atoms with Crippen LogP contribution in [-0.4, -0.2) is 25.9 Å². The molecule has 0 saturated heterocycles. The number of nitrogen functional groups attached to an aromatic ring is 1. The van der Waals surface area contributed by atoms with Gasteiger partial charge in [-0.2, -0.15) is 16.9 Å². The smallest absolute Gasteiger partial charge is 0.158 e. The van der Waals surface area contributed by atoms with Crippen LogP contribution in [0.5, 0.6) is 0 Å². The highest BCUT2D eigenvalue weighted by Crippen LogP contribution is 2.23. The van der Waals surface area contributed by atoms with Gasteiger partial charge in [0, 0.05) is 17.5 Å². The maximum atomic E-state index is 10.3. The summed E-state index contributed by atoms with van der Waals surface area (Å²) in [4.78, 5) is 0. The van der Waals surface area contributed by atoms with Gasteiger partial charge >= 0.3 is 0 Å². The molecule has 0 spiro atoms. The van der Waals surface area contributed by atoms with Gasteiger partial charge in [0.1, 0.15) is 5.82 Å². The first-order valence-corrected chi connectivity index (χ1v) is 13.3. The summed E-state index contributed by atoms with van der Waals surface area (Å²) in [6, 6.07) is 1.72.